The minimum absolute atomic E-state index is 0.332. The number of carboxylic acid groups (broad SMARTS) is 1. The third-order valence-corrected chi connectivity index (χ3v) is 5.87. The topological polar surface area (TPSA) is 65.0 Å². The minimum Gasteiger partial charge on any atom is -0.494 e. The van der Waals surface area contributed by atoms with Crippen molar-refractivity contribution < 1.29 is 24.1 Å². The number of benzene rings is 3. The molecule has 0 bridgehead atoms. The number of aliphatic carboxylic acids is 1. The van der Waals surface area contributed by atoms with E-state index in [4.69, 9.17) is 19.3 Å². The van der Waals surface area contributed by atoms with E-state index < -0.39 is 12.1 Å². The molecule has 1 unspecified atom stereocenters. The van der Waals surface area contributed by atoms with Crippen molar-refractivity contribution in [3.8, 4) is 17.2 Å². The molecule has 0 aromatic heterocycles. The van der Waals surface area contributed by atoms with Crippen LogP contribution in [0.5, 0.6) is 17.2 Å². The van der Waals surface area contributed by atoms with E-state index in [1.807, 2.05) is 48.5 Å². The molecule has 0 aliphatic carbocycles. The van der Waals surface area contributed by atoms with E-state index in [2.05, 4.69) is 24.3 Å². The van der Waals surface area contributed by atoms with Gasteiger partial charge in [0.2, 0.25) is 0 Å². The van der Waals surface area contributed by atoms with Gasteiger partial charge in [0.25, 0.3) is 0 Å². The van der Waals surface area contributed by atoms with Gasteiger partial charge in [-0.05, 0) is 49.1 Å². The van der Waals surface area contributed by atoms with Gasteiger partial charge in [0, 0.05) is 30.6 Å². The third kappa shape index (κ3) is 5.11. The Morgan fingerprint density at radius 2 is 1.56 bits per heavy atom. The predicted molar refractivity (Wildman–Crippen MR) is 123 cm³/mol. The summed E-state index contributed by atoms with van der Waals surface area (Å²) < 4.78 is 17.0. The highest BCUT2D eigenvalue weighted by Gasteiger charge is 2.26. The first-order valence-electron chi connectivity index (χ1n) is 11.0. The molecule has 0 radical (unpaired) electrons. The zero-order valence-corrected chi connectivity index (χ0v) is 18.2. The zero-order chi connectivity index (χ0) is 22.3. The van der Waals surface area contributed by atoms with Gasteiger partial charge in [0.05, 0.1) is 6.61 Å². The average molecular weight is 433 g/mol. The molecule has 5 heteroatoms. The minimum atomic E-state index is -0.956. The summed E-state index contributed by atoms with van der Waals surface area (Å²) in [5.74, 6) is 2.07. The summed E-state index contributed by atoms with van der Waals surface area (Å²) in [6.07, 6.45) is 2.53. The van der Waals surface area contributed by atoms with Crippen molar-refractivity contribution in [1.29, 1.82) is 0 Å². The highest BCUT2D eigenvalue weighted by Crippen LogP contribution is 2.45. The van der Waals surface area contributed by atoms with Crippen molar-refractivity contribution in [2.45, 2.75) is 37.7 Å². The smallest absolute Gasteiger partial charge is 0.333 e. The molecule has 1 heterocycles. The van der Waals surface area contributed by atoms with Gasteiger partial charge >= 0.3 is 5.97 Å². The largest absolute Gasteiger partial charge is 0.494 e. The number of methoxy groups -OCH3 is 1. The van der Waals surface area contributed by atoms with E-state index in [-0.39, 0.29) is 0 Å². The Hall–Kier alpha value is -3.31. The van der Waals surface area contributed by atoms with E-state index in [1.54, 1.807) is 0 Å². The van der Waals surface area contributed by atoms with Gasteiger partial charge in [-0.3, -0.25) is 0 Å². The van der Waals surface area contributed by atoms with Crippen molar-refractivity contribution in [3.63, 3.8) is 0 Å². The molecule has 5 nitrogen and oxygen atoms in total. The van der Waals surface area contributed by atoms with Gasteiger partial charge in [-0.25, -0.2) is 4.79 Å². The summed E-state index contributed by atoms with van der Waals surface area (Å²) in [5.41, 5.74) is 3.40. The second-order valence-electron chi connectivity index (χ2n) is 7.99. The first-order chi connectivity index (χ1) is 15.7. The lowest BCUT2D eigenvalue weighted by molar-refractivity contribution is -0.148. The van der Waals surface area contributed by atoms with E-state index in [9.17, 15) is 4.79 Å². The first kappa shape index (κ1) is 21.9. The maximum Gasteiger partial charge on any atom is 0.333 e. The maximum atomic E-state index is 11.1. The average Bonchev–Trinajstić information content (AvgIpc) is 2.82. The molecule has 1 aliphatic heterocycles. The number of carbonyl (C=O) groups is 1. The van der Waals surface area contributed by atoms with Crippen LogP contribution in [-0.2, 0) is 16.0 Å². The monoisotopic (exact) mass is 432 g/mol. The number of hydrogen-bond acceptors (Lipinski definition) is 4. The molecule has 3 aromatic carbocycles. The number of para-hydroxylation sites is 2. The number of carboxylic acids is 1. The maximum absolute atomic E-state index is 11.1. The molecule has 0 saturated carbocycles. The van der Waals surface area contributed by atoms with Gasteiger partial charge in [-0.2, -0.15) is 0 Å². The van der Waals surface area contributed by atoms with Gasteiger partial charge < -0.3 is 19.3 Å². The molecular weight excluding hydrogens is 404 g/mol. The van der Waals surface area contributed by atoms with E-state index in [0.717, 1.165) is 42.1 Å². The Morgan fingerprint density at radius 3 is 2.16 bits per heavy atom. The molecule has 0 amide bonds. The Kier molecular flexibility index (Phi) is 7.07. The van der Waals surface area contributed by atoms with Crippen LogP contribution in [0.3, 0.4) is 0 Å². The highest BCUT2D eigenvalue weighted by molar-refractivity contribution is 5.72. The van der Waals surface area contributed by atoms with Crippen molar-refractivity contribution in [1.82, 2.24) is 0 Å². The van der Waals surface area contributed by atoms with Gasteiger partial charge in [0.15, 0.2) is 6.10 Å². The van der Waals surface area contributed by atoms with Crippen LogP contribution >= 0.6 is 0 Å². The van der Waals surface area contributed by atoms with Crippen molar-refractivity contribution in [3.05, 3.63) is 89.5 Å². The van der Waals surface area contributed by atoms with Crippen LogP contribution in [0.1, 0.15) is 41.9 Å². The molecule has 0 spiro atoms. The van der Waals surface area contributed by atoms with Gasteiger partial charge in [-0.15, -0.1) is 0 Å². The number of ether oxygens (including phenoxy) is 3. The Labute approximate surface area is 188 Å². The molecule has 32 heavy (non-hydrogen) atoms. The predicted octanol–water partition coefficient (Wildman–Crippen LogP) is 5.82. The molecule has 0 saturated heterocycles. The summed E-state index contributed by atoms with van der Waals surface area (Å²) in [5, 5.41) is 9.10. The fourth-order valence-corrected chi connectivity index (χ4v) is 4.17. The van der Waals surface area contributed by atoms with Crippen LogP contribution in [0.15, 0.2) is 72.8 Å². The third-order valence-electron chi connectivity index (χ3n) is 5.87. The summed E-state index contributed by atoms with van der Waals surface area (Å²) in [4.78, 5) is 11.1. The molecule has 4 rings (SSSR count). The van der Waals surface area contributed by atoms with Crippen molar-refractivity contribution >= 4 is 5.97 Å². The number of rotatable bonds is 10. The molecule has 1 N–H and O–H groups in total. The quantitative estimate of drug-likeness (QED) is 0.409. The second-order valence-corrected chi connectivity index (χ2v) is 7.99. The lowest BCUT2D eigenvalue weighted by Gasteiger charge is -2.28. The van der Waals surface area contributed by atoms with Gasteiger partial charge in [0.1, 0.15) is 17.2 Å². The van der Waals surface area contributed by atoms with Crippen molar-refractivity contribution in [2.24, 2.45) is 0 Å². The fraction of sp³-hybridized carbons (Fsp3) is 0.296. The molecule has 3 aromatic rings. The Morgan fingerprint density at radius 1 is 0.938 bits per heavy atom. The fourth-order valence-electron chi connectivity index (χ4n) is 4.17. The molecule has 0 fully saturated rings. The normalized spacial score (nSPS) is 13.5. The number of fused-ring (bicyclic) bond motifs is 2. The zero-order valence-electron chi connectivity index (χ0n) is 18.2. The van der Waals surface area contributed by atoms with Gasteiger partial charge in [-0.1, -0.05) is 48.5 Å². The summed E-state index contributed by atoms with van der Waals surface area (Å²) in [6, 6.07) is 24.1. The van der Waals surface area contributed by atoms with Crippen LogP contribution in [0.2, 0.25) is 0 Å². The van der Waals surface area contributed by atoms with Crippen LogP contribution in [0, 0.1) is 0 Å². The Bertz CT molecular complexity index is 998. The lowest BCUT2D eigenvalue weighted by Crippen LogP contribution is -2.24. The van der Waals surface area contributed by atoms with E-state index >= 15 is 0 Å². The Balaban J connectivity index is 1.28. The lowest BCUT2D eigenvalue weighted by atomic mass is 9.84. The number of hydrogen-bond donors (Lipinski definition) is 1. The van der Waals surface area contributed by atoms with Crippen LogP contribution < -0.4 is 9.47 Å². The molecule has 166 valence electrons. The molecular formula is C27H28O5. The van der Waals surface area contributed by atoms with E-state index in [1.165, 1.54) is 18.2 Å². The van der Waals surface area contributed by atoms with Crippen LogP contribution in [0.4, 0.5) is 0 Å². The summed E-state index contributed by atoms with van der Waals surface area (Å²) in [7, 11) is 1.41. The van der Waals surface area contributed by atoms with Crippen molar-refractivity contribution in [2.75, 3.05) is 13.7 Å². The van der Waals surface area contributed by atoms with Crippen LogP contribution in [-0.4, -0.2) is 30.9 Å². The molecule has 1 aliphatic rings. The van der Waals surface area contributed by atoms with E-state index in [0.29, 0.717) is 18.9 Å². The highest BCUT2D eigenvalue weighted by atomic mass is 16.5. The summed E-state index contributed by atoms with van der Waals surface area (Å²) in [6.45, 7) is 0.641. The summed E-state index contributed by atoms with van der Waals surface area (Å²) >= 11 is 0. The molecule has 1 atom stereocenters. The standard InChI is InChI=1S/C27H28O5/c1-30-26(27(28)29)18-19-13-15-20(16-14-19)31-17-7-6-8-21-22-9-2-4-11-24(22)32-25-12-5-3-10-23(21)25/h2-5,9-16,21,26H,6-8,17-18H2,1H3,(H,28,29). The first-order valence-corrected chi connectivity index (χ1v) is 11.0. The SMILES string of the molecule is COC(Cc1ccc(OCCCCC2c3ccccc3Oc3ccccc32)cc1)C(=O)O. The second kappa shape index (κ2) is 10.3. The van der Waals surface area contributed by atoms with Crippen LogP contribution in [0.25, 0.3) is 0 Å². The number of unbranched alkanes of at least 4 members (excludes halogenated alkanes) is 1.